The molecule has 0 spiro atoms. The van der Waals surface area contributed by atoms with Crippen molar-refractivity contribution in [2.45, 2.75) is 0 Å². The minimum atomic E-state index is -0.0984. The van der Waals surface area contributed by atoms with Crippen LogP contribution in [0.15, 0.2) is 63.5 Å². The molecule has 0 saturated heterocycles. The van der Waals surface area contributed by atoms with Crippen LogP contribution in [0.4, 0.5) is 0 Å². The molecule has 1 aromatic heterocycles. The second kappa shape index (κ2) is 4.42. The Morgan fingerprint density at radius 1 is 1.00 bits per heavy atom. The van der Waals surface area contributed by atoms with E-state index in [-0.39, 0.29) is 5.78 Å². The molecule has 0 atom stereocenters. The summed E-state index contributed by atoms with van der Waals surface area (Å²) in [5, 5.41) is 0.943. The van der Waals surface area contributed by atoms with Gasteiger partial charge in [-0.2, -0.15) is 0 Å². The lowest BCUT2D eigenvalue weighted by molar-refractivity contribution is 0.101. The number of furan rings is 1. The lowest BCUT2D eigenvalue weighted by Gasteiger charge is -1.97. The Labute approximate surface area is 112 Å². The van der Waals surface area contributed by atoms with Crippen LogP contribution < -0.4 is 0 Å². The maximum atomic E-state index is 12.2. The first-order chi connectivity index (χ1) is 8.74. The molecular weight excluding hydrogens is 292 g/mol. The van der Waals surface area contributed by atoms with Gasteiger partial charge in [-0.15, -0.1) is 0 Å². The maximum absolute atomic E-state index is 12.2. The van der Waals surface area contributed by atoms with E-state index in [1.54, 1.807) is 18.2 Å². The van der Waals surface area contributed by atoms with E-state index in [0.29, 0.717) is 11.3 Å². The number of carbonyl (C=O) groups is 1. The standard InChI is InChI=1S/C15H9BrO2/c16-12-7-5-10(6-8-12)15(17)14-9-11-3-1-2-4-13(11)18-14/h1-9H. The SMILES string of the molecule is O=C(c1ccc(Br)cc1)c1cc2ccccc2o1. The van der Waals surface area contributed by atoms with E-state index in [9.17, 15) is 4.79 Å². The van der Waals surface area contributed by atoms with Gasteiger partial charge in [-0.05, 0) is 36.4 Å². The molecule has 0 aliphatic heterocycles. The molecule has 0 radical (unpaired) electrons. The average molecular weight is 301 g/mol. The van der Waals surface area contributed by atoms with Crippen molar-refractivity contribution in [3.8, 4) is 0 Å². The Bertz CT molecular complexity index is 678. The number of benzene rings is 2. The normalized spacial score (nSPS) is 10.7. The Kier molecular flexibility index (Phi) is 2.76. The van der Waals surface area contributed by atoms with Crippen molar-refractivity contribution in [1.29, 1.82) is 0 Å². The maximum Gasteiger partial charge on any atom is 0.228 e. The third-order valence-electron chi connectivity index (χ3n) is 2.76. The molecule has 3 aromatic rings. The molecule has 0 amide bonds. The Balaban J connectivity index is 2.03. The van der Waals surface area contributed by atoms with E-state index >= 15 is 0 Å². The van der Waals surface area contributed by atoms with Gasteiger partial charge < -0.3 is 4.42 Å². The van der Waals surface area contributed by atoms with Gasteiger partial charge in [0.1, 0.15) is 5.58 Å². The molecule has 0 saturated carbocycles. The number of para-hydroxylation sites is 1. The van der Waals surface area contributed by atoms with Crippen molar-refractivity contribution >= 4 is 32.7 Å². The molecular formula is C15H9BrO2. The number of halogens is 1. The van der Waals surface area contributed by atoms with Gasteiger partial charge in [-0.25, -0.2) is 0 Å². The summed E-state index contributed by atoms with van der Waals surface area (Å²) in [5.41, 5.74) is 1.36. The van der Waals surface area contributed by atoms with E-state index < -0.39 is 0 Å². The zero-order chi connectivity index (χ0) is 12.5. The minimum Gasteiger partial charge on any atom is -0.453 e. The van der Waals surface area contributed by atoms with E-state index in [1.807, 2.05) is 36.4 Å². The largest absolute Gasteiger partial charge is 0.453 e. The molecule has 2 nitrogen and oxygen atoms in total. The monoisotopic (exact) mass is 300 g/mol. The highest BCUT2D eigenvalue weighted by Crippen LogP contribution is 2.21. The Hall–Kier alpha value is -1.87. The second-order valence-electron chi connectivity index (χ2n) is 3.98. The molecule has 0 aliphatic rings. The van der Waals surface area contributed by atoms with Crippen molar-refractivity contribution in [3.05, 3.63) is 70.4 Å². The predicted octanol–water partition coefficient (Wildman–Crippen LogP) is 4.43. The zero-order valence-corrected chi connectivity index (χ0v) is 11.0. The molecule has 1 heterocycles. The number of rotatable bonds is 2. The van der Waals surface area contributed by atoms with Crippen LogP contribution >= 0.6 is 15.9 Å². The summed E-state index contributed by atoms with van der Waals surface area (Å²) in [6.07, 6.45) is 0. The van der Waals surface area contributed by atoms with Crippen LogP contribution in [0.25, 0.3) is 11.0 Å². The van der Waals surface area contributed by atoms with Crippen molar-refractivity contribution in [1.82, 2.24) is 0 Å². The van der Waals surface area contributed by atoms with Crippen LogP contribution in [0, 0.1) is 0 Å². The van der Waals surface area contributed by atoms with Crippen LogP contribution in [0.3, 0.4) is 0 Å². The first-order valence-corrected chi connectivity index (χ1v) is 6.32. The topological polar surface area (TPSA) is 30.2 Å². The lowest BCUT2D eigenvalue weighted by Crippen LogP contribution is -1.98. The van der Waals surface area contributed by atoms with Crippen LogP contribution in [-0.4, -0.2) is 5.78 Å². The summed E-state index contributed by atoms with van der Waals surface area (Å²) in [6.45, 7) is 0. The molecule has 88 valence electrons. The second-order valence-corrected chi connectivity index (χ2v) is 4.90. The third-order valence-corrected chi connectivity index (χ3v) is 3.28. The summed E-state index contributed by atoms with van der Waals surface area (Å²) in [6, 6.07) is 16.6. The van der Waals surface area contributed by atoms with Gasteiger partial charge in [0.2, 0.25) is 5.78 Å². The minimum absolute atomic E-state index is 0.0984. The molecule has 2 aromatic carbocycles. The predicted molar refractivity (Wildman–Crippen MR) is 73.8 cm³/mol. The zero-order valence-electron chi connectivity index (χ0n) is 9.39. The van der Waals surface area contributed by atoms with Gasteiger partial charge >= 0.3 is 0 Å². The highest BCUT2D eigenvalue weighted by Gasteiger charge is 2.13. The molecule has 0 aliphatic carbocycles. The van der Waals surface area contributed by atoms with Crippen LogP contribution in [0.2, 0.25) is 0 Å². The molecule has 3 heteroatoms. The fraction of sp³-hybridized carbons (Fsp3) is 0. The average Bonchev–Trinajstić information content (AvgIpc) is 2.82. The molecule has 0 fully saturated rings. The van der Waals surface area contributed by atoms with Gasteiger partial charge in [0.15, 0.2) is 5.76 Å². The highest BCUT2D eigenvalue weighted by molar-refractivity contribution is 9.10. The summed E-state index contributed by atoms with van der Waals surface area (Å²) >= 11 is 3.34. The first-order valence-electron chi connectivity index (χ1n) is 5.53. The van der Waals surface area contributed by atoms with E-state index in [1.165, 1.54) is 0 Å². The first kappa shape index (κ1) is 11.2. The van der Waals surface area contributed by atoms with Crippen molar-refractivity contribution in [2.24, 2.45) is 0 Å². The number of hydrogen-bond acceptors (Lipinski definition) is 2. The van der Waals surface area contributed by atoms with Gasteiger partial charge in [-0.1, -0.05) is 34.1 Å². The van der Waals surface area contributed by atoms with Crippen molar-refractivity contribution < 1.29 is 9.21 Å². The molecule has 18 heavy (non-hydrogen) atoms. The highest BCUT2D eigenvalue weighted by atomic mass is 79.9. The number of hydrogen-bond donors (Lipinski definition) is 0. The molecule has 3 rings (SSSR count). The molecule has 0 N–H and O–H groups in total. The van der Waals surface area contributed by atoms with Gasteiger partial charge in [-0.3, -0.25) is 4.79 Å². The Morgan fingerprint density at radius 3 is 2.44 bits per heavy atom. The fourth-order valence-electron chi connectivity index (χ4n) is 1.84. The number of fused-ring (bicyclic) bond motifs is 1. The summed E-state index contributed by atoms with van der Waals surface area (Å²) in [5.74, 6) is 0.275. The number of carbonyl (C=O) groups excluding carboxylic acids is 1. The van der Waals surface area contributed by atoms with E-state index in [4.69, 9.17) is 4.42 Å². The third kappa shape index (κ3) is 1.97. The van der Waals surface area contributed by atoms with Crippen LogP contribution in [-0.2, 0) is 0 Å². The fourth-order valence-corrected chi connectivity index (χ4v) is 2.10. The van der Waals surface area contributed by atoms with Crippen LogP contribution in [0.1, 0.15) is 16.1 Å². The van der Waals surface area contributed by atoms with Crippen molar-refractivity contribution in [3.63, 3.8) is 0 Å². The molecule has 0 bridgehead atoms. The van der Waals surface area contributed by atoms with E-state index in [2.05, 4.69) is 15.9 Å². The van der Waals surface area contributed by atoms with Gasteiger partial charge in [0.25, 0.3) is 0 Å². The summed E-state index contributed by atoms with van der Waals surface area (Å²) in [7, 11) is 0. The molecule has 0 unspecified atom stereocenters. The Morgan fingerprint density at radius 2 is 1.72 bits per heavy atom. The lowest BCUT2D eigenvalue weighted by atomic mass is 10.1. The summed E-state index contributed by atoms with van der Waals surface area (Å²) in [4.78, 5) is 12.2. The quantitative estimate of drug-likeness (QED) is 0.656. The van der Waals surface area contributed by atoms with E-state index in [0.717, 1.165) is 15.4 Å². The van der Waals surface area contributed by atoms with Gasteiger partial charge in [0, 0.05) is 15.4 Å². The summed E-state index contributed by atoms with van der Waals surface area (Å²) < 4.78 is 6.50. The van der Waals surface area contributed by atoms with Gasteiger partial charge in [0.05, 0.1) is 0 Å². The smallest absolute Gasteiger partial charge is 0.228 e. The van der Waals surface area contributed by atoms with Crippen molar-refractivity contribution in [2.75, 3.05) is 0 Å². The number of ketones is 1. The van der Waals surface area contributed by atoms with Crippen LogP contribution in [0.5, 0.6) is 0 Å².